The number of thiocarbonyl (C=S) groups is 2. The summed E-state index contributed by atoms with van der Waals surface area (Å²) in [5, 5.41) is 3.33. The quantitative estimate of drug-likeness (QED) is 0.479. The smallest absolute Gasteiger partial charge is 0.272 e. The zero-order valence-electron chi connectivity index (χ0n) is 12.2. The second-order valence-electron chi connectivity index (χ2n) is 4.86. The molecular weight excluding hydrogens is 364 g/mol. The van der Waals surface area contributed by atoms with Crippen LogP contribution in [0.3, 0.4) is 0 Å². The van der Waals surface area contributed by atoms with E-state index in [0.29, 0.717) is 11.4 Å². The van der Waals surface area contributed by atoms with Crippen LogP contribution >= 0.6 is 24.4 Å². The molecule has 1 aliphatic carbocycles. The highest BCUT2D eigenvalue weighted by Gasteiger charge is 2.29. The molecule has 1 aromatic carbocycles. The maximum Gasteiger partial charge on any atom is 0.272 e. The van der Waals surface area contributed by atoms with E-state index in [1.165, 1.54) is 6.08 Å². The normalized spacial score (nSPS) is 20.1. The van der Waals surface area contributed by atoms with Gasteiger partial charge in [-0.1, -0.05) is 30.4 Å². The number of nitrogens with zero attached hydrogens (tertiary/aromatic N) is 2. The van der Waals surface area contributed by atoms with Crippen molar-refractivity contribution in [3.63, 3.8) is 0 Å². The van der Waals surface area contributed by atoms with E-state index in [1.807, 2.05) is 12.1 Å². The maximum atomic E-state index is 11.6. The molecule has 0 heterocycles. The van der Waals surface area contributed by atoms with E-state index in [0.717, 1.165) is 5.56 Å². The molecule has 2 rings (SSSR count). The summed E-state index contributed by atoms with van der Waals surface area (Å²) in [5.74, 6) is -0.525. The van der Waals surface area contributed by atoms with E-state index in [-0.39, 0.29) is 0 Å². The summed E-state index contributed by atoms with van der Waals surface area (Å²) in [6, 6.07) is 7.16. The molecule has 1 N–H and O–H groups in total. The number of hydrogen-bond acceptors (Lipinski definition) is 6. The number of rotatable bonds is 5. The molecule has 0 saturated carbocycles. The van der Waals surface area contributed by atoms with E-state index in [4.69, 9.17) is 0 Å². The van der Waals surface area contributed by atoms with Crippen molar-refractivity contribution in [2.75, 3.05) is 0 Å². The van der Waals surface area contributed by atoms with Gasteiger partial charge in [0, 0.05) is 5.92 Å². The van der Waals surface area contributed by atoms with Gasteiger partial charge in [-0.2, -0.15) is 18.4 Å². The van der Waals surface area contributed by atoms with Crippen LogP contribution in [-0.4, -0.2) is 28.5 Å². The van der Waals surface area contributed by atoms with Gasteiger partial charge in [0.2, 0.25) is 0 Å². The first-order valence-electron chi connectivity index (χ1n) is 6.74. The van der Waals surface area contributed by atoms with Crippen LogP contribution in [0.4, 0.5) is 5.69 Å². The Kier molecular flexibility index (Phi) is 6.23. The van der Waals surface area contributed by atoms with Crippen molar-refractivity contribution in [3.05, 3.63) is 59.8 Å². The molecule has 0 amide bonds. The van der Waals surface area contributed by atoms with Gasteiger partial charge in [-0.25, -0.2) is 0 Å². The number of allylic oxidation sites excluding steroid dienone is 3. The topological polar surface area (TPSA) is 79.1 Å². The first-order chi connectivity index (χ1) is 11.4. The van der Waals surface area contributed by atoms with Crippen molar-refractivity contribution in [1.82, 2.24) is 0 Å². The Bertz CT molecular complexity index is 902. The predicted octanol–water partition coefficient (Wildman–Crippen LogP) is 3.86. The number of isothiocyanates is 2. The van der Waals surface area contributed by atoms with Crippen molar-refractivity contribution >= 4 is 56.6 Å². The van der Waals surface area contributed by atoms with Gasteiger partial charge < -0.3 is 0 Å². The lowest BCUT2D eigenvalue weighted by Crippen LogP contribution is -2.27. The van der Waals surface area contributed by atoms with Gasteiger partial charge in [0.25, 0.3) is 10.1 Å². The van der Waals surface area contributed by atoms with Crippen LogP contribution in [0.15, 0.2) is 64.3 Å². The first-order valence-corrected chi connectivity index (χ1v) is 9.06. The van der Waals surface area contributed by atoms with Crippen molar-refractivity contribution < 1.29 is 13.0 Å². The summed E-state index contributed by atoms with van der Waals surface area (Å²) in [5.41, 5.74) is 1.88. The predicted molar refractivity (Wildman–Crippen MR) is 101 cm³/mol. The van der Waals surface area contributed by atoms with Crippen LogP contribution in [0.2, 0.25) is 0 Å². The molecule has 1 aromatic rings. The van der Waals surface area contributed by atoms with E-state index in [2.05, 4.69) is 44.7 Å². The van der Waals surface area contributed by atoms with Crippen LogP contribution in [0.25, 0.3) is 6.08 Å². The molecule has 0 spiro atoms. The monoisotopic (exact) mass is 376 g/mol. The molecule has 2 unspecified atom stereocenters. The highest BCUT2D eigenvalue weighted by atomic mass is 32.2. The van der Waals surface area contributed by atoms with E-state index in [1.54, 1.807) is 36.4 Å². The Hall–Kier alpha value is -2.05. The largest absolute Gasteiger partial charge is 0.285 e. The average Bonchev–Trinajstić information content (AvgIpc) is 2.54. The third-order valence-corrected chi connectivity index (χ3v) is 4.62. The van der Waals surface area contributed by atoms with E-state index >= 15 is 0 Å². The first kappa shape index (κ1) is 18.3. The third-order valence-electron chi connectivity index (χ3n) is 3.30. The Morgan fingerprint density at radius 3 is 2.38 bits per heavy atom. The van der Waals surface area contributed by atoms with Crippen molar-refractivity contribution in [2.45, 2.75) is 5.25 Å². The number of hydrogen-bond donors (Lipinski definition) is 1. The van der Waals surface area contributed by atoms with E-state index < -0.39 is 21.3 Å². The minimum Gasteiger partial charge on any atom is -0.285 e. The van der Waals surface area contributed by atoms with Crippen LogP contribution in [0.5, 0.6) is 0 Å². The average molecular weight is 376 g/mol. The molecule has 24 heavy (non-hydrogen) atoms. The summed E-state index contributed by atoms with van der Waals surface area (Å²) < 4.78 is 32.6. The molecule has 8 heteroatoms. The summed E-state index contributed by atoms with van der Waals surface area (Å²) in [4.78, 5) is 7.59. The number of benzene rings is 1. The molecule has 0 aromatic heterocycles. The minimum atomic E-state index is -4.28. The summed E-state index contributed by atoms with van der Waals surface area (Å²) >= 11 is 9.04. The fourth-order valence-electron chi connectivity index (χ4n) is 2.17. The lowest BCUT2D eigenvalue weighted by atomic mass is 9.97. The van der Waals surface area contributed by atoms with Gasteiger partial charge in [-0.3, -0.25) is 4.55 Å². The maximum absolute atomic E-state index is 11.6. The molecule has 0 fully saturated rings. The lowest BCUT2D eigenvalue weighted by Gasteiger charge is -2.19. The van der Waals surface area contributed by atoms with Crippen LogP contribution in [-0.2, 0) is 10.1 Å². The van der Waals surface area contributed by atoms with Crippen molar-refractivity contribution in [3.8, 4) is 0 Å². The Labute approximate surface area is 150 Å². The Morgan fingerprint density at radius 1 is 1.12 bits per heavy atom. The Balaban J connectivity index is 2.25. The highest BCUT2D eigenvalue weighted by molar-refractivity contribution is 7.86. The molecule has 1 aliphatic rings. The standard InChI is InChI=1S/C16H12N2O3S3/c19-24(20,21)16-9-15(18-11-23)8-5-13(16)4-1-12-2-6-14(7-3-12)17-10-22/h1-9,13,16H,(H,19,20,21). The zero-order valence-corrected chi connectivity index (χ0v) is 14.7. The lowest BCUT2D eigenvalue weighted by molar-refractivity contribution is 0.468. The Morgan fingerprint density at radius 2 is 1.79 bits per heavy atom. The van der Waals surface area contributed by atoms with Gasteiger partial charge in [-0.05, 0) is 54.3 Å². The van der Waals surface area contributed by atoms with Crippen molar-refractivity contribution in [2.24, 2.45) is 15.9 Å². The SMILES string of the molecule is O=S(=O)(O)C1C=C(N=C=S)C=CC1C=Cc1ccc(N=C=S)cc1. The second-order valence-corrected chi connectivity index (χ2v) is 6.80. The van der Waals surface area contributed by atoms with Gasteiger partial charge in [0.15, 0.2) is 0 Å². The van der Waals surface area contributed by atoms with Gasteiger partial charge in [-0.15, -0.1) is 0 Å². The second kappa shape index (κ2) is 8.17. The molecule has 0 saturated heterocycles. The summed E-state index contributed by atoms with van der Waals surface area (Å²) in [7, 11) is -4.28. The zero-order chi connectivity index (χ0) is 17.6. The fourth-order valence-corrected chi connectivity index (χ4v) is 3.28. The molecule has 0 bridgehead atoms. The van der Waals surface area contributed by atoms with Gasteiger partial charge in [0.05, 0.1) is 21.7 Å². The van der Waals surface area contributed by atoms with Crippen LogP contribution in [0.1, 0.15) is 5.56 Å². The molecular formula is C16H12N2O3S3. The summed E-state index contributed by atoms with van der Waals surface area (Å²) in [6.45, 7) is 0. The van der Waals surface area contributed by atoms with Crippen LogP contribution in [0, 0.1) is 5.92 Å². The molecule has 2 atom stereocenters. The fraction of sp³-hybridized carbons (Fsp3) is 0.125. The highest BCUT2D eigenvalue weighted by Crippen LogP contribution is 2.25. The molecule has 0 radical (unpaired) electrons. The summed E-state index contributed by atoms with van der Waals surface area (Å²) in [6.07, 6.45) is 8.08. The number of aliphatic imine (C=N–C) groups is 2. The van der Waals surface area contributed by atoms with E-state index in [9.17, 15) is 13.0 Å². The van der Waals surface area contributed by atoms with Gasteiger partial charge in [0.1, 0.15) is 5.25 Å². The molecule has 5 nitrogen and oxygen atoms in total. The molecule has 122 valence electrons. The third kappa shape index (κ3) is 4.97. The molecule has 0 aliphatic heterocycles. The van der Waals surface area contributed by atoms with Crippen LogP contribution < -0.4 is 0 Å². The minimum absolute atomic E-state index is 0.347. The van der Waals surface area contributed by atoms with Crippen molar-refractivity contribution in [1.29, 1.82) is 0 Å². The van der Waals surface area contributed by atoms with Gasteiger partial charge >= 0.3 is 0 Å².